The van der Waals surface area contributed by atoms with Crippen molar-refractivity contribution in [1.82, 2.24) is 5.32 Å². The molecule has 1 aromatic rings. The molecule has 0 aliphatic carbocycles. The quantitative estimate of drug-likeness (QED) is 0.781. The van der Waals surface area contributed by atoms with E-state index in [1.807, 2.05) is 12.1 Å². The maximum absolute atomic E-state index is 6.12. The molecule has 0 saturated heterocycles. The molecule has 106 valence electrons. The molecule has 0 radical (unpaired) electrons. The minimum Gasteiger partial charge on any atom is -0.493 e. The fourth-order valence-corrected chi connectivity index (χ4v) is 2.50. The lowest BCUT2D eigenvalue weighted by molar-refractivity contribution is 0.137. The van der Waals surface area contributed by atoms with Crippen LogP contribution in [0.15, 0.2) is 12.1 Å². The fraction of sp³-hybridized carbons (Fsp3) is 0.600. The van der Waals surface area contributed by atoms with Crippen molar-refractivity contribution in [2.75, 3.05) is 26.4 Å². The van der Waals surface area contributed by atoms with E-state index in [0.717, 1.165) is 48.9 Å². The molecule has 0 atom stereocenters. The second-order valence-electron chi connectivity index (χ2n) is 5.12. The van der Waals surface area contributed by atoms with Gasteiger partial charge in [-0.05, 0) is 29.7 Å². The first kappa shape index (κ1) is 14.6. The van der Waals surface area contributed by atoms with Crippen LogP contribution >= 0.6 is 11.6 Å². The number of benzene rings is 1. The van der Waals surface area contributed by atoms with Gasteiger partial charge in [0.1, 0.15) is 5.75 Å². The average Bonchev–Trinajstić information content (AvgIpc) is 2.80. The van der Waals surface area contributed by atoms with Gasteiger partial charge in [-0.15, -0.1) is 0 Å². The molecule has 1 heterocycles. The van der Waals surface area contributed by atoms with Crippen LogP contribution in [0.2, 0.25) is 5.02 Å². The molecule has 0 amide bonds. The summed E-state index contributed by atoms with van der Waals surface area (Å²) in [4.78, 5) is 0. The van der Waals surface area contributed by atoms with Crippen LogP contribution in [0, 0.1) is 0 Å². The highest BCUT2D eigenvalue weighted by atomic mass is 35.5. The van der Waals surface area contributed by atoms with Crippen LogP contribution in [0.3, 0.4) is 0 Å². The number of hydrogen-bond acceptors (Lipinski definition) is 3. The summed E-state index contributed by atoms with van der Waals surface area (Å²) in [6.45, 7) is 7.36. The fourth-order valence-electron chi connectivity index (χ4n) is 2.24. The number of fused-ring (bicyclic) bond motifs is 1. The summed E-state index contributed by atoms with van der Waals surface area (Å²) >= 11 is 6.12. The lowest BCUT2D eigenvalue weighted by atomic mass is 10.1. The first-order chi connectivity index (χ1) is 9.16. The minimum atomic E-state index is 0.508. The molecule has 19 heavy (non-hydrogen) atoms. The van der Waals surface area contributed by atoms with Gasteiger partial charge in [0.2, 0.25) is 0 Å². The Bertz CT molecular complexity index is 421. The predicted octanol–water partition coefficient (Wildman–Crippen LogP) is 2.83. The molecular weight excluding hydrogens is 262 g/mol. The maximum Gasteiger partial charge on any atom is 0.125 e. The second-order valence-corrected chi connectivity index (χ2v) is 5.56. The molecule has 2 rings (SSSR count). The largest absolute Gasteiger partial charge is 0.493 e. The first-order valence-corrected chi connectivity index (χ1v) is 7.30. The predicted molar refractivity (Wildman–Crippen MR) is 78.3 cm³/mol. The topological polar surface area (TPSA) is 30.5 Å². The van der Waals surface area contributed by atoms with Crippen molar-refractivity contribution in [1.29, 1.82) is 0 Å². The van der Waals surface area contributed by atoms with E-state index in [-0.39, 0.29) is 0 Å². The van der Waals surface area contributed by atoms with Gasteiger partial charge >= 0.3 is 0 Å². The molecule has 1 aliphatic rings. The summed E-state index contributed by atoms with van der Waals surface area (Å²) in [5.41, 5.74) is 2.39. The van der Waals surface area contributed by atoms with E-state index in [2.05, 4.69) is 19.2 Å². The molecule has 0 spiro atoms. The Hall–Kier alpha value is -0.770. The van der Waals surface area contributed by atoms with Crippen molar-refractivity contribution < 1.29 is 9.47 Å². The van der Waals surface area contributed by atoms with Gasteiger partial charge in [-0.3, -0.25) is 0 Å². The third-order valence-electron chi connectivity index (χ3n) is 3.14. The molecule has 3 nitrogen and oxygen atoms in total. The van der Waals surface area contributed by atoms with Gasteiger partial charge in [-0.2, -0.15) is 0 Å². The van der Waals surface area contributed by atoms with Crippen LogP contribution in [-0.4, -0.2) is 32.4 Å². The van der Waals surface area contributed by atoms with Crippen LogP contribution in [0.1, 0.15) is 25.0 Å². The van der Waals surface area contributed by atoms with E-state index in [1.54, 1.807) is 0 Å². The number of hydrogen-bond donors (Lipinski definition) is 1. The van der Waals surface area contributed by atoms with E-state index in [9.17, 15) is 0 Å². The van der Waals surface area contributed by atoms with Gasteiger partial charge in [0.05, 0.1) is 19.8 Å². The zero-order valence-electron chi connectivity index (χ0n) is 11.7. The van der Waals surface area contributed by atoms with Gasteiger partial charge in [0.15, 0.2) is 0 Å². The van der Waals surface area contributed by atoms with Crippen LogP contribution in [0.5, 0.6) is 5.75 Å². The average molecular weight is 284 g/mol. The molecule has 0 aromatic heterocycles. The SMILES string of the molecule is CC(C)NCCOCCc1cc(Cl)cc2c1OCC2. The van der Waals surface area contributed by atoms with E-state index in [0.29, 0.717) is 12.6 Å². The number of ether oxygens (including phenoxy) is 2. The Morgan fingerprint density at radius 3 is 3.00 bits per heavy atom. The van der Waals surface area contributed by atoms with Crippen molar-refractivity contribution in [2.45, 2.75) is 32.7 Å². The van der Waals surface area contributed by atoms with Crippen molar-refractivity contribution in [3.8, 4) is 5.75 Å². The van der Waals surface area contributed by atoms with Gasteiger partial charge in [0.25, 0.3) is 0 Å². The monoisotopic (exact) mass is 283 g/mol. The summed E-state index contributed by atoms with van der Waals surface area (Å²) < 4.78 is 11.3. The zero-order chi connectivity index (χ0) is 13.7. The third-order valence-corrected chi connectivity index (χ3v) is 3.36. The Morgan fingerprint density at radius 1 is 1.37 bits per heavy atom. The van der Waals surface area contributed by atoms with Crippen LogP contribution in [0.25, 0.3) is 0 Å². The highest BCUT2D eigenvalue weighted by Crippen LogP contribution is 2.33. The number of nitrogens with one attached hydrogen (secondary N) is 1. The lowest BCUT2D eigenvalue weighted by Crippen LogP contribution is -2.26. The molecule has 0 unspecified atom stereocenters. The summed E-state index contributed by atoms with van der Waals surface area (Å²) in [6, 6.07) is 4.50. The lowest BCUT2D eigenvalue weighted by Gasteiger charge is -2.11. The normalized spacial score (nSPS) is 13.7. The minimum absolute atomic E-state index is 0.508. The molecule has 0 bridgehead atoms. The van der Waals surface area contributed by atoms with Crippen molar-refractivity contribution in [2.24, 2.45) is 0 Å². The van der Waals surface area contributed by atoms with E-state index in [1.165, 1.54) is 5.56 Å². The summed E-state index contributed by atoms with van der Waals surface area (Å²) in [5.74, 6) is 1.02. The van der Waals surface area contributed by atoms with Gasteiger partial charge in [-0.25, -0.2) is 0 Å². The summed E-state index contributed by atoms with van der Waals surface area (Å²) in [7, 11) is 0. The van der Waals surface area contributed by atoms with E-state index in [4.69, 9.17) is 21.1 Å². The molecular formula is C15H22ClNO2. The van der Waals surface area contributed by atoms with Crippen molar-refractivity contribution >= 4 is 11.6 Å². The highest BCUT2D eigenvalue weighted by molar-refractivity contribution is 6.30. The number of rotatable bonds is 7. The zero-order valence-corrected chi connectivity index (χ0v) is 12.4. The van der Waals surface area contributed by atoms with Gasteiger partial charge in [-0.1, -0.05) is 25.4 Å². The standard InChI is InChI=1S/C15H22ClNO2/c1-11(2)17-5-8-18-6-3-12-9-14(16)10-13-4-7-19-15(12)13/h9-11,17H,3-8H2,1-2H3. The first-order valence-electron chi connectivity index (χ1n) is 6.92. The van der Waals surface area contributed by atoms with E-state index >= 15 is 0 Å². The maximum atomic E-state index is 6.12. The Kier molecular flexibility index (Phi) is 5.49. The smallest absolute Gasteiger partial charge is 0.125 e. The van der Waals surface area contributed by atoms with Gasteiger partial charge in [0, 0.05) is 24.0 Å². The van der Waals surface area contributed by atoms with Crippen molar-refractivity contribution in [3.05, 3.63) is 28.3 Å². The van der Waals surface area contributed by atoms with Crippen LogP contribution in [-0.2, 0) is 17.6 Å². The molecule has 1 aromatic carbocycles. The Balaban J connectivity index is 1.77. The molecule has 0 fully saturated rings. The van der Waals surface area contributed by atoms with Crippen LogP contribution in [0.4, 0.5) is 0 Å². The molecule has 1 aliphatic heterocycles. The Labute approximate surface area is 120 Å². The molecule has 1 N–H and O–H groups in total. The summed E-state index contributed by atoms with van der Waals surface area (Å²) in [6.07, 6.45) is 1.81. The van der Waals surface area contributed by atoms with E-state index < -0.39 is 0 Å². The second kappa shape index (κ2) is 7.13. The Morgan fingerprint density at radius 2 is 2.21 bits per heavy atom. The van der Waals surface area contributed by atoms with Gasteiger partial charge < -0.3 is 14.8 Å². The van der Waals surface area contributed by atoms with Crippen molar-refractivity contribution in [3.63, 3.8) is 0 Å². The number of halogens is 1. The van der Waals surface area contributed by atoms with Crippen LogP contribution < -0.4 is 10.1 Å². The summed E-state index contributed by atoms with van der Waals surface area (Å²) in [5, 5.41) is 4.12. The molecule has 0 saturated carbocycles. The molecule has 4 heteroatoms. The third kappa shape index (κ3) is 4.37. The highest BCUT2D eigenvalue weighted by Gasteiger charge is 2.17.